The molecule has 0 aromatic carbocycles. The van der Waals surface area contributed by atoms with Crippen LogP contribution in [-0.4, -0.2) is 53.9 Å². The second kappa shape index (κ2) is 7.48. The molecule has 0 radical (unpaired) electrons. The van der Waals surface area contributed by atoms with Crippen LogP contribution in [-0.2, 0) is 4.74 Å². The summed E-state index contributed by atoms with van der Waals surface area (Å²) in [6.45, 7) is 2.34. The normalized spacial score (nSPS) is 14.3. The molecule has 1 fully saturated rings. The van der Waals surface area contributed by atoms with Gasteiger partial charge in [-0.3, -0.25) is 5.32 Å². The van der Waals surface area contributed by atoms with Crippen molar-refractivity contribution >= 4 is 11.8 Å². The van der Waals surface area contributed by atoms with Crippen molar-refractivity contribution in [2.24, 2.45) is 0 Å². The lowest BCUT2D eigenvalue weighted by Gasteiger charge is -2.26. The number of nitrogens with one attached hydrogen (secondary N) is 1. The third kappa shape index (κ3) is 4.23. The Bertz CT molecular complexity index is 516. The molecule has 1 saturated heterocycles. The van der Waals surface area contributed by atoms with Gasteiger partial charge in [0.05, 0.1) is 19.8 Å². The maximum atomic E-state index is 12.0. The molecule has 0 saturated carbocycles. The minimum atomic E-state index is -0.179. The molecule has 0 bridgehead atoms. The molecule has 2 N–H and O–H groups in total. The second-order valence-electron chi connectivity index (χ2n) is 4.23. The molecule has 6 heteroatoms. The number of carbonyl (C=O) groups excluding carboxylic acids is 1. The summed E-state index contributed by atoms with van der Waals surface area (Å²) in [5.41, 5.74) is 0.755. The molecule has 0 atom stereocenters. The Morgan fingerprint density at radius 2 is 2.30 bits per heavy atom. The first-order valence-electron chi connectivity index (χ1n) is 6.49. The Morgan fingerprint density at radius 1 is 1.50 bits per heavy atom. The number of aromatic nitrogens is 1. The summed E-state index contributed by atoms with van der Waals surface area (Å²) >= 11 is 0. The number of amides is 2. The van der Waals surface area contributed by atoms with Gasteiger partial charge in [0.1, 0.15) is 5.82 Å². The third-order valence-electron chi connectivity index (χ3n) is 2.76. The molecule has 2 rings (SSSR count). The van der Waals surface area contributed by atoms with Gasteiger partial charge in [-0.2, -0.15) is 0 Å². The molecule has 106 valence electrons. The van der Waals surface area contributed by atoms with Crippen molar-refractivity contribution in [2.45, 2.75) is 6.42 Å². The van der Waals surface area contributed by atoms with Crippen LogP contribution in [0.15, 0.2) is 18.3 Å². The van der Waals surface area contributed by atoms with E-state index in [9.17, 15) is 4.79 Å². The molecule has 2 amide bonds. The third-order valence-corrected chi connectivity index (χ3v) is 2.76. The fourth-order valence-corrected chi connectivity index (χ4v) is 1.75. The van der Waals surface area contributed by atoms with Gasteiger partial charge in [-0.25, -0.2) is 9.78 Å². The number of morpholine rings is 1. The summed E-state index contributed by atoms with van der Waals surface area (Å²) in [4.78, 5) is 17.8. The van der Waals surface area contributed by atoms with E-state index in [1.165, 1.54) is 0 Å². The molecule has 1 aliphatic heterocycles. The number of carbonyl (C=O) groups is 1. The zero-order valence-electron chi connectivity index (χ0n) is 11.1. The first kappa shape index (κ1) is 14.3. The Hall–Kier alpha value is -2.10. The lowest BCUT2D eigenvalue weighted by atomic mass is 10.2. The predicted molar refractivity (Wildman–Crippen MR) is 74.2 cm³/mol. The van der Waals surface area contributed by atoms with Gasteiger partial charge in [0.25, 0.3) is 0 Å². The fourth-order valence-electron chi connectivity index (χ4n) is 1.75. The van der Waals surface area contributed by atoms with E-state index in [-0.39, 0.29) is 12.6 Å². The number of nitrogens with zero attached hydrogens (tertiary/aromatic N) is 2. The molecule has 1 aromatic rings. The van der Waals surface area contributed by atoms with Crippen molar-refractivity contribution in [3.8, 4) is 11.8 Å². The predicted octanol–water partition coefficient (Wildman–Crippen LogP) is 0.680. The minimum Gasteiger partial charge on any atom is -0.395 e. The Kier molecular flexibility index (Phi) is 5.35. The van der Waals surface area contributed by atoms with E-state index in [1.807, 2.05) is 0 Å². The highest BCUT2D eigenvalue weighted by Crippen LogP contribution is 2.08. The van der Waals surface area contributed by atoms with Gasteiger partial charge in [0.2, 0.25) is 0 Å². The average molecular weight is 275 g/mol. The number of rotatable bonds is 2. The Morgan fingerprint density at radius 3 is 3.05 bits per heavy atom. The van der Waals surface area contributed by atoms with Gasteiger partial charge in [-0.1, -0.05) is 11.8 Å². The highest BCUT2D eigenvalue weighted by molar-refractivity contribution is 5.88. The molecule has 0 aliphatic carbocycles. The summed E-state index contributed by atoms with van der Waals surface area (Å²) in [6.07, 6.45) is 2.02. The maximum absolute atomic E-state index is 12.0. The van der Waals surface area contributed by atoms with E-state index >= 15 is 0 Å². The fraction of sp³-hybridized carbons (Fsp3) is 0.429. The number of aliphatic hydroxyl groups excluding tert-OH is 1. The summed E-state index contributed by atoms with van der Waals surface area (Å²) in [5.74, 6) is 6.20. The van der Waals surface area contributed by atoms with Crippen molar-refractivity contribution in [1.82, 2.24) is 9.88 Å². The van der Waals surface area contributed by atoms with Crippen LogP contribution < -0.4 is 5.32 Å². The largest absolute Gasteiger partial charge is 0.395 e. The Labute approximate surface area is 117 Å². The van der Waals surface area contributed by atoms with Gasteiger partial charge in [0, 0.05) is 31.3 Å². The van der Waals surface area contributed by atoms with Crippen molar-refractivity contribution in [3.05, 3.63) is 23.9 Å². The number of pyridine rings is 1. The molecule has 20 heavy (non-hydrogen) atoms. The number of hydrogen-bond donors (Lipinski definition) is 2. The van der Waals surface area contributed by atoms with E-state index < -0.39 is 0 Å². The van der Waals surface area contributed by atoms with E-state index in [0.717, 1.165) is 5.56 Å². The quantitative estimate of drug-likeness (QED) is 0.778. The van der Waals surface area contributed by atoms with Crippen LogP contribution in [0.5, 0.6) is 0 Å². The zero-order chi connectivity index (χ0) is 14.2. The monoisotopic (exact) mass is 275 g/mol. The van der Waals surface area contributed by atoms with E-state index in [0.29, 0.717) is 38.5 Å². The van der Waals surface area contributed by atoms with Crippen LogP contribution >= 0.6 is 0 Å². The summed E-state index contributed by atoms with van der Waals surface area (Å²) in [7, 11) is 0. The summed E-state index contributed by atoms with van der Waals surface area (Å²) in [6, 6.07) is 3.29. The Balaban J connectivity index is 1.97. The van der Waals surface area contributed by atoms with Crippen LogP contribution in [0.25, 0.3) is 0 Å². The maximum Gasteiger partial charge on any atom is 0.323 e. The SMILES string of the molecule is O=C(Nc1cc(C#CCCO)ccn1)N1CCOCC1. The van der Waals surface area contributed by atoms with Gasteiger partial charge in [-0.05, 0) is 12.1 Å². The number of urea groups is 1. The van der Waals surface area contributed by atoms with Crippen LogP contribution in [0.4, 0.5) is 10.6 Å². The standard InChI is InChI=1S/C14H17N3O3/c18-8-2-1-3-12-4-5-15-13(11-12)16-14(19)17-6-9-20-10-7-17/h4-5,11,18H,2,6-10H2,(H,15,16,19). The second-order valence-corrected chi connectivity index (χ2v) is 4.23. The van der Waals surface area contributed by atoms with Crippen molar-refractivity contribution in [1.29, 1.82) is 0 Å². The number of aliphatic hydroxyl groups is 1. The highest BCUT2D eigenvalue weighted by Gasteiger charge is 2.16. The summed E-state index contributed by atoms with van der Waals surface area (Å²) in [5, 5.41) is 11.4. The van der Waals surface area contributed by atoms with Crippen LogP contribution in [0.2, 0.25) is 0 Å². The topological polar surface area (TPSA) is 74.7 Å². The van der Waals surface area contributed by atoms with Gasteiger partial charge >= 0.3 is 6.03 Å². The molecule has 2 heterocycles. The number of hydrogen-bond acceptors (Lipinski definition) is 4. The van der Waals surface area contributed by atoms with Gasteiger partial charge in [0.15, 0.2) is 0 Å². The van der Waals surface area contributed by atoms with Crippen LogP contribution in [0.3, 0.4) is 0 Å². The van der Waals surface area contributed by atoms with Crippen LogP contribution in [0, 0.1) is 11.8 Å². The first-order chi connectivity index (χ1) is 9.79. The highest BCUT2D eigenvalue weighted by atomic mass is 16.5. The number of anilines is 1. The molecule has 1 aliphatic rings. The smallest absolute Gasteiger partial charge is 0.323 e. The van der Waals surface area contributed by atoms with Crippen molar-refractivity contribution in [2.75, 3.05) is 38.2 Å². The van der Waals surface area contributed by atoms with E-state index in [1.54, 1.807) is 23.2 Å². The lowest BCUT2D eigenvalue weighted by Crippen LogP contribution is -2.43. The van der Waals surface area contributed by atoms with E-state index in [4.69, 9.17) is 9.84 Å². The molecule has 0 unspecified atom stereocenters. The molecule has 0 spiro atoms. The van der Waals surface area contributed by atoms with Crippen molar-refractivity contribution in [3.63, 3.8) is 0 Å². The zero-order valence-corrected chi connectivity index (χ0v) is 11.1. The minimum absolute atomic E-state index is 0.0404. The van der Waals surface area contributed by atoms with Crippen LogP contribution in [0.1, 0.15) is 12.0 Å². The first-order valence-corrected chi connectivity index (χ1v) is 6.49. The average Bonchev–Trinajstić information content (AvgIpc) is 2.49. The molecular weight excluding hydrogens is 258 g/mol. The van der Waals surface area contributed by atoms with E-state index in [2.05, 4.69) is 22.1 Å². The van der Waals surface area contributed by atoms with Gasteiger partial charge in [-0.15, -0.1) is 0 Å². The molecular formula is C14H17N3O3. The number of ether oxygens (including phenoxy) is 1. The molecule has 1 aromatic heterocycles. The summed E-state index contributed by atoms with van der Waals surface area (Å²) < 4.78 is 5.20. The van der Waals surface area contributed by atoms with Crippen molar-refractivity contribution < 1.29 is 14.6 Å². The lowest BCUT2D eigenvalue weighted by molar-refractivity contribution is 0.0564. The molecule has 6 nitrogen and oxygen atoms in total. The van der Waals surface area contributed by atoms with Gasteiger partial charge < -0.3 is 14.7 Å².